The first-order chi connectivity index (χ1) is 8.24. The van der Waals surface area contributed by atoms with E-state index in [1.54, 1.807) is 0 Å². The van der Waals surface area contributed by atoms with Crippen LogP contribution in [0.2, 0.25) is 0 Å². The molecule has 0 spiro atoms. The average molecular weight is 230 g/mol. The molecule has 0 aliphatic rings. The molecule has 0 fully saturated rings. The fourth-order valence-electron chi connectivity index (χ4n) is 1.14. The summed E-state index contributed by atoms with van der Waals surface area (Å²) in [5.74, 6) is 4.28. The van der Waals surface area contributed by atoms with Crippen molar-refractivity contribution in [3.8, 4) is 11.8 Å². The summed E-state index contributed by atoms with van der Waals surface area (Å²) >= 11 is 0. The van der Waals surface area contributed by atoms with Crippen LogP contribution in [0.1, 0.15) is 5.56 Å². The van der Waals surface area contributed by atoms with Crippen molar-refractivity contribution in [2.75, 3.05) is 20.3 Å². The summed E-state index contributed by atoms with van der Waals surface area (Å²) in [5.41, 5.74) is 1.92. The van der Waals surface area contributed by atoms with Crippen LogP contribution >= 0.6 is 0 Å². The summed E-state index contributed by atoms with van der Waals surface area (Å²) in [7, 11) is 1.29. The van der Waals surface area contributed by atoms with Gasteiger partial charge in [-0.1, -0.05) is 42.8 Å². The van der Waals surface area contributed by atoms with Crippen molar-refractivity contribution in [2.24, 2.45) is 0 Å². The molecule has 0 aliphatic carbocycles. The largest absolute Gasteiger partial charge is 0.459 e. The van der Waals surface area contributed by atoms with Crippen molar-refractivity contribution in [3.63, 3.8) is 0 Å². The molecule has 1 aromatic rings. The van der Waals surface area contributed by atoms with Gasteiger partial charge in [0.1, 0.15) is 6.61 Å². The van der Waals surface area contributed by atoms with Crippen LogP contribution in [0.25, 0.3) is 5.57 Å². The van der Waals surface area contributed by atoms with Crippen molar-refractivity contribution in [1.82, 2.24) is 0 Å². The molecular weight excluding hydrogens is 216 g/mol. The lowest BCUT2D eigenvalue weighted by molar-refractivity contribution is -0.133. The minimum Gasteiger partial charge on any atom is -0.459 e. The van der Waals surface area contributed by atoms with E-state index in [0.29, 0.717) is 6.61 Å². The fraction of sp³-hybridized carbons (Fsp3) is 0.214. The van der Waals surface area contributed by atoms with Crippen molar-refractivity contribution in [1.29, 1.82) is 0 Å². The van der Waals surface area contributed by atoms with Crippen LogP contribution in [0, 0.1) is 11.8 Å². The Labute approximate surface area is 101 Å². The van der Waals surface area contributed by atoms with Gasteiger partial charge in [-0.15, -0.1) is 0 Å². The zero-order valence-corrected chi connectivity index (χ0v) is 9.73. The predicted octanol–water partition coefficient (Wildman–Crippen LogP) is 1.89. The number of benzene rings is 1. The van der Waals surface area contributed by atoms with Gasteiger partial charge in [0, 0.05) is 5.92 Å². The van der Waals surface area contributed by atoms with E-state index in [1.807, 2.05) is 30.3 Å². The predicted molar refractivity (Wildman–Crippen MR) is 66.1 cm³/mol. The van der Waals surface area contributed by atoms with Crippen LogP contribution in [0.15, 0.2) is 36.9 Å². The Morgan fingerprint density at radius 2 is 2.06 bits per heavy atom. The molecule has 88 valence electrons. The van der Waals surface area contributed by atoms with Crippen LogP contribution in [-0.4, -0.2) is 26.3 Å². The molecule has 0 aromatic heterocycles. The zero-order chi connectivity index (χ0) is 12.5. The van der Waals surface area contributed by atoms with Crippen LogP contribution in [0.4, 0.5) is 0 Å². The Kier molecular flexibility index (Phi) is 5.56. The quantitative estimate of drug-likeness (QED) is 0.343. The van der Waals surface area contributed by atoms with Gasteiger partial charge in [0.15, 0.2) is 0 Å². The molecule has 0 unspecified atom stereocenters. The molecule has 0 aliphatic heterocycles. The Morgan fingerprint density at radius 3 is 2.71 bits per heavy atom. The maximum Gasteiger partial charge on any atom is 0.384 e. The second kappa shape index (κ2) is 7.26. The molecule has 3 nitrogen and oxygen atoms in total. The Morgan fingerprint density at radius 1 is 1.35 bits per heavy atom. The van der Waals surface area contributed by atoms with Crippen LogP contribution in [0.3, 0.4) is 0 Å². The smallest absolute Gasteiger partial charge is 0.384 e. The normalized spacial score (nSPS) is 9.00. The highest BCUT2D eigenvalue weighted by Crippen LogP contribution is 2.11. The zero-order valence-electron chi connectivity index (χ0n) is 9.73. The number of ether oxygens (including phenoxy) is 2. The van der Waals surface area contributed by atoms with Crippen LogP contribution in [-0.2, 0) is 14.3 Å². The van der Waals surface area contributed by atoms with Crippen LogP contribution in [0.5, 0.6) is 0 Å². The lowest BCUT2D eigenvalue weighted by Gasteiger charge is -2.04. The average Bonchev–Trinajstić information content (AvgIpc) is 2.38. The van der Waals surface area contributed by atoms with Crippen molar-refractivity contribution in [3.05, 3.63) is 42.5 Å². The maximum absolute atomic E-state index is 10.7. The van der Waals surface area contributed by atoms with E-state index in [0.717, 1.165) is 11.1 Å². The Balaban J connectivity index is 2.30. The Hall–Kier alpha value is -2.05. The van der Waals surface area contributed by atoms with Gasteiger partial charge < -0.3 is 9.47 Å². The van der Waals surface area contributed by atoms with Gasteiger partial charge in [0.2, 0.25) is 0 Å². The topological polar surface area (TPSA) is 35.5 Å². The minimum absolute atomic E-state index is 0.182. The van der Waals surface area contributed by atoms with Crippen LogP contribution < -0.4 is 0 Å². The van der Waals surface area contributed by atoms with E-state index in [1.165, 1.54) is 7.11 Å². The number of esters is 1. The number of carbonyl (C=O) groups is 1. The van der Waals surface area contributed by atoms with E-state index in [9.17, 15) is 4.79 Å². The summed E-state index contributed by atoms with van der Waals surface area (Å²) in [6.45, 7) is 4.48. The number of hydrogen-bond donors (Lipinski definition) is 0. The number of hydrogen-bond acceptors (Lipinski definition) is 3. The molecule has 17 heavy (non-hydrogen) atoms. The first kappa shape index (κ1) is 13.0. The maximum atomic E-state index is 10.7. The first-order valence-corrected chi connectivity index (χ1v) is 5.12. The Bertz CT molecular complexity index is 438. The summed E-state index contributed by atoms with van der Waals surface area (Å²) in [5, 5.41) is 0. The second-order valence-corrected chi connectivity index (χ2v) is 3.26. The second-order valence-electron chi connectivity index (χ2n) is 3.26. The molecule has 0 radical (unpaired) electrons. The molecule has 0 heterocycles. The van der Waals surface area contributed by atoms with Gasteiger partial charge in [-0.3, -0.25) is 0 Å². The molecule has 0 saturated carbocycles. The number of methoxy groups -OCH3 is 1. The monoisotopic (exact) mass is 230 g/mol. The van der Waals surface area contributed by atoms with Gasteiger partial charge in [-0.2, -0.15) is 0 Å². The highest BCUT2D eigenvalue weighted by molar-refractivity contribution is 5.88. The minimum atomic E-state index is -0.560. The highest BCUT2D eigenvalue weighted by Gasteiger charge is 1.97. The fourth-order valence-corrected chi connectivity index (χ4v) is 1.14. The standard InChI is InChI=1S/C14H14O3/c1-12(13-7-4-3-5-8-13)11-17-10-6-9-14(15)16-2/h3-5,7-8H,1,10-11H2,2H3. The van der Waals surface area contributed by atoms with E-state index < -0.39 is 5.97 Å². The molecule has 0 saturated heterocycles. The summed E-state index contributed by atoms with van der Waals surface area (Å²) < 4.78 is 9.63. The summed E-state index contributed by atoms with van der Waals surface area (Å²) in [6, 6.07) is 9.76. The molecular formula is C14H14O3. The number of carbonyl (C=O) groups excluding carboxylic acids is 1. The van der Waals surface area contributed by atoms with Gasteiger partial charge >= 0.3 is 5.97 Å². The molecule has 3 heteroatoms. The van der Waals surface area contributed by atoms with E-state index in [2.05, 4.69) is 23.2 Å². The molecule has 1 aromatic carbocycles. The van der Waals surface area contributed by atoms with Gasteiger partial charge in [0.05, 0.1) is 13.7 Å². The van der Waals surface area contributed by atoms with Crippen molar-refractivity contribution >= 4 is 11.5 Å². The van der Waals surface area contributed by atoms with Gasteiger partial charge in [-0.25, -0.2) is 4.79 Å². The highest BCUT2D eigenvalue weighted by atomic mass is 16.5. The third kappa shape index (κ3) is 5.01. The molecule has 1 rings (SSSR count). The lowest BCUT2D eigenvalue weighted by atomic mass is 10.1. The molecule has 0 bridgehead atoms. The van der Waals surface area contributed by atoms with Gasteiger partial charge in [0.25, 0.3) is 0 Å². The number of rotatable bonds is 4. The third-order valence-corrected chi connectivity index (χ3v) is 2.01. The van der Waals surface area contributed by atoms with E-state index in [-0.39, 0.29) is 6.61 Å². The van der Waals surface area contributed by atoms with Gasteiger partial charge in [-0.05, 0) is 11.1 Å². The summed E-state index contributed by atoms with van der Waals surface area (Å²) in [6.07, 6.45) is 0. The molecule has 0 amide bonds. The van der Waals surface area contributed by atoms with E-state index >= 15 is 0 Å². The van der Waals surface area contributed by atoms with Crippen molar-refractivity contribution < 1.29 is 14.3 Å². The van der Waals surface area contributed by atoms with E-state index in [4.69, 9.17) is 4.74 Å². The third-order valence-electron chi connectivity index (χ3n) is 2.01. The SMILES string of the molecule is C=C(COCC#CC(=O)OC)c1ccccc1. The lowest BCUT2D eigenvalue weighted by Crippen LogP contribution is -1.99. The molecule has 0 atom stereocenters. The van der Waals surface area contributed by atoms with Crippen molar-refractivity contribution in [2.45, 2.75) is 0 Å². The molecule has 0 N–H and O–H groups in total. The summed E-state index contributed by atoms with van der Waals surface area (Å²) in [4.78, 5) is 10.7. The first-order valence-electron chi connectivity index (χ1n) is 5.12.